The van der Waals surface area contributed by atoms with E-state index in [1.807, 2.05) is 54.7 Å². The first-order chi connectivity index (χ1) is 16.5. The number of thiocarbonyl (C=S) groups is 1. The molecule has 0 aliphatic carbocycles. The fraction of sp³-hybridized carbons (Fsp3) is 0.214. The molecule has 0 unspecified atom stereocenters. The number of hydrogen-bond acceptors (Lipinski definition) is 3. The van der Waals surface area contributed by atoms with Crippen LogP contribution in [0.1, 0.15) is 48.8 Å². The summed E-state index contributed by atoms with van der Waals surface area (Å²) in [5.41, 5.74) is 4.37. The lowest BCUT2D eigenvalue weighted by atomic mass is 9.98. The lowest BCUT2D eigenvalue weighted by molar-refractivity contribution is 0.482. The summed E-state index contributed by atoms with van der Waals surface area (Å²) < 4.78 is 8.25. The van der Waals surface area contributed by atoms with Gasteiger partial charge in [0, 0.05) is 30.3 Å². The number of aryl methyl sites for hydroxylation is 1. The van der Waals surface area contributed by atoms with E-state index in [-0.39, 0.29) is 12.1 Å². The van der Waals surface area contributed by atoms with Gasteiger partial charge in [0.05, 0.1) is 17.8 Å². The van der Waals surface area contributed by atoms with Crippen molar-refractivity contribution in [2.75, 3.05) is 4.90 Å². The third-order valence-electron chi connectivity index (χ3n) is 6.14. The van der Waals surface area contributed by atoms with Crippen molar-refractivity contribution >= 4 is 23.0 Å². The summed E-state index contributed by atoms with van der Waals surface area (Å²) in [6, 6.07) is 24.6. The maximum absolute atomic E-state index is 6.03. The van der Waals surface area contributed by atoms with Gasteiger partial charge in [0.2, 0.25) is 0 Å². The first-order valence-corrected chi connectivity index (χ1v) is 11.9. The zero-order valence-corrected chi connectivity index (χ0v) is 20.4. The highest BCUT2D eigenvalue weighted by molar-refractivity contribution is 7.80. The second-order valence-corrected chi connectivity index (χ2v) is 9.28. The van der Waals surface area contributed by atoms with Crippen LogP contribution >= 0.6 is 12.2 Å². The van der Waals surface area contributed by atoms with Gasteiger partial charge in [-0.15, -0.1) is 0 Å². The van der Waals surface area contributed by atoms with E-state index in [2.05, 4.69) is 77.2 Å². The molecule has 2 aromatic carbocycles. The molecule has 1 aliphatic heterocycles. The molecule has 2 aromatic heterocycles. The Morgan fingerprint density at radius 3 is 2.26 bits per heavy atom. The van der Waals surface area contributed by atoms with Crippen molar-refractivity contribution in [2.24, 2.45) is 0 Å². The zero-order valence-electron chi connectivity index (χ0n) is 19.6. The molecule has 34 heavy (non-hydrogen) atoms. The second-order valence-electron chi connectivity index (χ2n) is 8.89. The van der Waals surface area contributed by atoms with Crippen molar-refractivity contribution < 1.29 is 4.74 Å². The van der Waals surface area contributed by atoms with E-state index in [0.29, 0.717) is 11.2 Å². The molecule has 0 saturated carbocycles. The zero-order chi connectivity index (χ0) is 23.7. The molecule has 1 fully saturated rings. The molecule has 4 aromatic rings. The lowest BCUT2D eigenvalue weighted by Gasteiger charge is -2.27. The van der Waals surface area contributed by atoms with Gasteiger partial charge in [-0.2, -0.15) is 0 Å². The van der Waals surface area contributed by atoms with Crippen LogP contribution in [0, 0.1) is 6.92 Å². The fourth-order valence-electron chi connectivity index (χ4n) is 4.32. The Morgan fingerprint density at radius 2 is 1.65 bits per heavy atom. The first kappa shape index (κ1) is 22.2. The predicted molar refractivity (Wildman–Crippen MR) is 140 cm³/mol. The highest BCUT2D eigenvalue weighted by atomic mass is 32.1. The minimum atomic E-state index is -0.0554. The van der Waals surface area contributed by atoms with Crippen LogP contribution in [-0.4, -0.2) is 14.7 Å². The molecule has 2 atom stereocenters. The Balaban J connectivity index is 1.47. The van der Waals surface area contributed by atoms with E-state index in [9.17, 15) is 0 Å². The quantitative estimate of drug-likeness (QED) is 0.317. The van der Waals surface area contributed by atoms with Gasteiger partial charge in [0.15, 0.2) is 5.11 Å². The van der Waals surface area contributed by atoms with Crippen LogP contribution < -0.4 is 15.0 Å². The van der Waals surface area contributed by atoms with Crippen molar-refractivity contribution in [3.8, 4) is 11.5 Å². The monoisotopic (exact) mass is 468 g/mol. The maximum Gasteiger partial charge on any atom is 0.174 e. The van der Waals surface area contributed by atoms with Gasteiger partial charge >= 0.3 is 0 Å². The Bertz CT molecular complexity index is 1270. The number of anilines is 1. The third-order valence-corrected chi connectivity index (χ3v) is 6.46. The number of pyridine rings is 1. The molecule has 5 nitrogen and oxygen atoms in total. The van der Waals surface area contributed by atoms with Gasteiger partial charge in [0.25, 0.3) is 0 Å². The van der Waals surface area contributed by atoms with E-state index in [0.717, 1.165) is 22.9 Å². The molecule has 6 heteroatoms. The van der Waals surface area contributed by atoms with Crippen LogP contribution in [0.4, 0.5) is 5.69 Å². The predicted octanol–water partition coefficient (Wildman–Crippen LogP) is 6.74. The van der Waals surface area contributed by atoms with Crippen LogP contribution in [-0.2, 0) is 0 Å². The van der Waals surface area contributed by atoms with Crippen LogP contribution in [0.2, 0.25) is 0 Å². The van der Waals surface area contributed by atoms with E-state index < -0.39 is 0 Å². The Hall–Kier alpha value is -3.64. The Kier molecular flexibility index (Phi) is 6.07. The van der Waals surface area contributed by atoms with E-state index >= 15 is 0 Å². The molecule has 5 rings (SSSR count). The van der Waals surface area contributed by atoms with Crippen LogP contribution in [0.25, 0.3) is 0 Å². The maximum atomic E-state index is 6.03. The summed E-state index contributed by atoms with van der Waals surface area (Å²) in [4.78, 5) is 6.82. The summed E-state index contributed by atoms with van der Waals surface area (Å²) >= 11 is 5.83. The van der Waals surface area contributed by atoms with Gasteiger partial charge in [-0.3, -0.25) is 4.98 Å². The minimum absolute atomic E-state index is 0.0220. The number of benzene rings is 2. The number of rotatable bonds is 6. The van der Waals surface area contributed by atoms with Crippen LogP contribution in [0.3, 0.4) is 0 Å². The highest BCUT2D eigenvalue weighted by Gasteiger charge is 2.41. The largest absolute Gasteiger partial charge is 0.457 e. The summed E-state index contributed by atoms with van der Waals surface area (Å²) in [6.45, 7) is 6.43. The SMILES string of the molecule is Cc1ccc(Oc2ccc(N3C(=S)N[C@H](c4ccccn4)[C@H]3c3ccn(C(C)C)c3)cc2)cc1. The van der Waals surface area contributed by atoms with E-state index in [4.69, 9.17) is 17.0 Å². The molecule has 0 radical (unpaired) electrons. The standard InChI is InChI=1S/C28H28N4OS/c1-19(2)31-17-15-21(18-31)27-26(25-6-4-5-16-29-25)30-28(34)32(27)22-9-13-24(14-10-22)33-23-11-7-20(3)8-12-23/h4-19,26-27H,1-3H3,(H,30,34)/t26-,27-/m1/s1. The van der Waals surface area contributed by atoms with Gasteiger partial charge in [-0.1, -0.05) is 23.8 Å². The molecule has 0 bridgehead atoms. The van der Waals surface area contributed by atoms with E-state index in [1.54, 1.807) is 0 Å². The molecular weight excluding hydrogens is 440 g/mol. The number of ether oxygens (including phenoxy) is 1. The molecule has 1 saturated heterocycles. The molecule has 1 aliphatic rings. The van der Waals surface area contributed by atoms with Crippen molar-refractivity contribution in [3.63, 3.8) is 0 Å². The number of nitrogens with zero attached hydrogens (tertiary/aromatic N) is 3. The molecule has 0 amide bonds. The summed E-state index contributed by atoms with van der Waals surface area (Å²) in [5, 5.41) is 4.21. The molecule has 3 heterocycles. The topological polar surface area (TPSA) is 42.3 Å². The van der Waals surface area contributed by atoms with Gasteiger partial charge < -0.3 is 19.5 Å². The summed E-state index contributed by atoms with van der Waals surface area (Å²) in [6.07, 6.45) is 6.17. The van der Waals surface area contributed by atoms with Crippen LogP contribution in [0.15, 0.2) is 91.4 Å². The minimum Gasteiger partial charge on any atom is -0.457 e. The summed E-state index contributed by atoms with van der Waals surface area (Å²) in [5.74, 6) is 1.61. The number of nitrogens with one attached hydrogen (secondary N) is 1. The van der Waals surface area contributed by atoms with E-state index in [1.165, 1.54) is 11.1 Å². The van der Waals surface area contributed by atoms with Crippen molar-refractivity contribution in [2.45, 2.75) is 38.9 Å². The fourth-order valence-corrected chi connectivity index (χ4v) is 4.66. The average Bonchev–Trinajstić information content (AvgIpc) is 3.47. The van der Waals surface area contributed by atoms with Crippen molar-refractivity contribution in [1.82, 2.24) is 14.9 Å². The molecule has 172 valence electrons. The first-order valence-electron chi connectivity index (χ1n) is 11.5. The highest BCUT2D eigenvalue weighted by Crippen LogP contribution is 2.42. The molecular formula is C28H28N4OS. The average molecular weight is 469 g/mol. The van der Waals surface area contributed by atoms with Gasteiger partial charge in [0.1, 0.15) is 11.5 Å². The smallest absolute Gasteiger partial charge is 0.174 e. The normalized spacial score (nSPS) is 17.8. The second kappa shape index (κ2) is 9.31. The number of aromatic nitrogens is 2. The van der Waals surface area contributed by atoms with Crippen molar-refractivity contribution in [1.29, 1.82) is 0 Å². The molecule has 0 spiro atoms. The van der Waals surface area contributed by atoms with Gasteiger partial charge in [-0.05, 0) is 93.1 Å². The lowest BCUT2D eigenvalue weighted by Crippen LogP contribution is -2.29. The molecule has 1 N–H and O–H groups in total. The van der Waals surface area contributed by atoms with Crippen molar-refractivity contribution in [3.05, 3.63) is 108 Å². The third kappa shape index (κ3) is 4.41. The Labute approximate surface area is 206 Å². The van der Waals surface area contributed by atoms with Gasteiger partial charge in [-0.25, -0.2) is 0 Å². The Morgan fingerprint density at radius 1 is 0.941 bits per heavy atom. The van der Waals surface area contributed by atoms with Crippen LogP contribution in [0.5, 0.6) is 11.5 Å². The number of hydrogen-bond donors (Lipinski definition) is 1. The summed E-state index contributed by atoms with van der Waals surface area (Å²) in [7, 11) is 0.